The van der Waals surface area contributed by atoms with Crippen LogP contribution < -0.4 is 5.73 Å². The Balaban J connectivity index is 3.19. The van der Waals surface area contributed by atoms with Gasteiger partial charge in [-0.3, -0.25) is 0 Å². The van der Waals surface area contributed by atoms with Gasteiger partial charge < -0.3 is 5.73 Å². The molecular formula is C6H8N4. The van der Waals surface area contributed by atoms with Crippen LogP contribution in [0.25, 0.3) is 0 Å². The minimum atomic E-state index is 0.283. The third kappa shape index (κ3) is 1.10. The zero-order chi connectivity index (χ0) is 7.56. The van der Waals surface area contributed by atoms with E-state index >= 15 is 0 Å². The zero-order valence-electron chi connectivity index (χ0n) is 5.63. The summed E-state index contributed by atoms with van der Waals surface area (Å²) < 4.78 is 0. The fourth-order valence-corrected chi connectivity index (χ4v) is 0.678. The number of pyridine rings is 1. The van der Waals surface area contributed by atoms with Gasteiger partial charge in [0.2, 0.25) is 0 Å². The molecule has 52 valence electrons. The fraction of sp³-hybridized carbons (Fsp3) is 0.167. The summed E-state index contributed by atoms with van der Waals surface area (Å²) in [6, 6.07) is 1.74. The highest BCUT2D eigenvalue weighted by Crippen LogP contribution is 2.17. The Hall–Kier alpha value is -1.45. The Bertz CT molecular complexity index is 256. The maximum absolute atomic E-state index is 6.64. The lowest BCUT2D eigenvalue weighted by molar-refractivity contribution is 1.09. The number of hydrogen-bond donors (Lipinski definition) is 2. The number of rotatable bonds is 1. The highest BCUT2D eigenvalue weighted by atomic mass is 15.0. The van der Waals surface area contributed by atoms with Gasteiger partial charge in [0.25, 0.3) is 0 Å². The SMILES string of the molecule is Cc1cnc(N=N)c(N)c1. The first-order valence-corrected chi connectivity index (χ1v) is 2.83. The second-order valence-electron chi connectivity index (χ2n) is 2.04. The highest BCUT2D eigenvalue weighted by molar-refractivity contribution is 5.57. The molecule has 0 aliphatic heterocycles. The van der Waals surface area contributed by atoms with Gasteiger partial charge in [0.05, 0.1) is 5.69 Å². The number of aromatic nitrogens is 1. The average Bonchev–Trinajstić information content (AvgIpc) is 1.88. The summed E-state index contributed by atoms with van der Waals surface area (Å²) in [5.41, 5.74) is 13.5. The maximum Gasteiger partial charge on any atom is 0.196 e. The van der Waals surface area contributed by atoms with E-state index in [4.69, 9.17) is 11.3 Å². The van der Waals surface area contributed by atoms with Gasteiger partial charge in [0.15, 0.2) is 5.82 Å². The number of aryl methyl sites for hydroxylation is 1. The van der Waals surface area contributed by atoms with Crippen LogP contribution in [0.5, 0.6) is 0 Å². The summed E-state index contributed by atoms with van der Waals surface area (Å²) in [7, 11) is 0. The van der Waals surface area contributed by atoms with Crippen LogP contribution >= 0.6 is 0 Å². The summed E-state index contributed by atoms with van der Waals surface area (Å²) in [6.45, 7) is 1.89. The van der Waals surface area contributed by atoms with E-state index in [2.05, 4.69) is 10.1 Å². The van der Waals surface area contributed by atoms with Gasteiger partial charge in [-0.15, -0.1) is 5.11 Å². The predicted octanol–water partition coefficient (Wildman–Crippen LogP) is 1.63. The number of anilines is 1. The van der Waals surface area contributed by atoms with Gasteiger partial charge in [-0.05, 0) is 18.6 Å². The molecule has 0 spiro atoms. The van der Waals surface area contributed by atoms with Crippen molar-refractivity contribution in [3.63, 3.8) is 0 Å². The van der Waals surface area contributed by atoms with Crippen LogP contribution in [-0.4, -0.2) is 4.98 Å². The first-order chi connectivity index (χ1) is 4.74. The van der Waals surface area contributed by atoms with Crippen LogP contribution in [0.3, 0.4) is 0 Å². The van der Waals surface area contributed by atoms with Gasteiger partial charge in [0, 0.05) is 6.20 Å². The lowest BCUT2D eigenvalue weighted by Crippen LogP contribution is -1.88. The second kappa shape index (κ2) is 2.43. The van der Waals surface area contributed by atoms with Gasteiger partial charge in [-0.25, -0.2) is 10.5 Å². The topological polar surface area (TPSA) is 75.1 Å². The number of nitrogens with one attached hydrogen (secondary N) is 1. The maximum atomic E-state index is 6.64. The van der Waals surface area contributed by atoms with Crippen LogP contribution in [0.15, 0.2) is 17.4 Å². The molecule has 1 aromatic heterocycles. The number of nitrogens with two attached hydrogens (primary N) is 1. The third-order valence-electron chi connectivity index (χ3n) is 1.14. The van der Waals surface area contributed by atoms with E-state index in [1.807, 2.05) is 6.92 Å². The quantitative estimate of drug-likeness (QED) is 0.576. The fourth-order valence-electron chi connectivity index (χ4n) is 0.678. The molecule has 4 nitrogen and oxygen atoms in total. The molecule has 1 aromatic rings. The molecule has 10 heavy (non-hydrogen) atoms. The molecule has 0 unspecified atom stereocenters. The Morgan fingerprint density at radius 3 is 2.90 bits per heavy atom. The van der Waals surface area contributed by atoms with Crippen molar-refractivity contribution < 1.29 is 0 Å². The first kappa shape index (κ1) is 6.67. The van der Waals surface area contributed by atoms with E-state index < -0.39 is 0 Å². The molecule has 1 rings (SSSR count). The van der Waals surface area contributed by atoms with Crippen LogP contribution in [0, 0.1) is 12.5 Å². The second-order valence-corrected chi connectivity index (χ2v) is 2.04. The Morgan fingerprint density at radius 1 is 1.70 bits per heavy atom. The van der Waals surface area contributed by atoms with E-state index in [9.17, 15) is 0 Å². The van der Waals surface area contributed by atoms with Crippen molar-refractivity contribution in [2.24, 2.45) is 5.11 Å². The van der Waals surface area contributed by atoms with Gasteiger partial charge in [-0.2, -0.15) is 0 Å². The van der Waals surface area contributed by atoms with Crippen molar-refractivity contribution in [2.75, 3.05) is 5.73 Å². The average molecular weight is 136 g/mol. The van der Waals surface area contributed by atoms with Crippen molar-refractivity contribution in [3.05, 3.63) is 17.8 Å². The van der Waals surface area contributed by atoms with E-state index in [0.717, 1.165) is 5.56 Å². The molecule has 0 atom stereocenters. The molecule has 0 aliphatic carbocycles. The first-order valence-electron chi connectivity index (χ1n) is 2.83. The van der Waals surface area contributed by atoms with Crippen LogP contribution in [0.2, 0.25) is 0 Å². The largest absolute Gasteiger partial charge is 0.396 e. The van der Waals surface area contributed by atoms with Crippen molar-refractivity contribution in [3.8, 4) is 0 Å². The van der Waals surface area contributed by atoms with E-state index in [0.29, 0.717) is 5.69 Å². The molecule has 0 saturated carbocycles. The predicted molar refractivity (Wildman–Crippen MR) is 38.2 cm³/mol. The molecular weight excluding hydrogens is 128 g/mol. The molecule has 0 radical (unpaired) electrons. The monoisotopic (exact) mass is 136 g/mol. The summed E-state index contributed by atoms with van der Waals surface area (Å²) >= 11 is 0. The van der Waals surface area contributed by atoms with Crippen LogP contribution in [-0.2, 0) is 0 Å². The van der Waals surface area contributed by atoms with Gasteiger partial charge >= 0.3 is 0 Å². The van der Waals surface area contributed by atoms with E-state index in [1.54, 1.807) is 12.3 Å². The summed E-state index contributed by atoms with van der Waals surface area (Å²) in [5.74, 6) is 0.283. The van der Waals surface area contributed by atoms with E-state index in [1.165, 1.54) is 0 Å². The van der Waals surface area contributed by atoms with E-state index in [-0.39, 0.29) is 5.82 Å². The molecule has 0 fully saturated rings. The lowest BCUT2D eigenvalue weighted by atomic mass is 10.3. The smallest absolute Gasteiger partial charge is 0.196 e. The number of nitrogens with zero attached hydrogens (tertiary/aromatic N) is 2. The van der Waals surface area contributed by atoms with Crippen molar-refractivity contribution in [1.29, 1.82) is 5.53 Å². The Morgan fingerprint density at radius 2 is 2.40 bits per heavy atom. The van der Waals surface area contributed by atoms with Crippen LogP contribution in [0.1, 0.15) is 5.56 Å². The molecule has 0 saturated heterocycles. The van der Waals surface area contributed by atoms with Crippen molar-refractivity contribution in [1.82, 2.24) is 4.98 Å². The Kier molecular flexibility index (Phi) is 1.62. The van der Waals surface area contributed by atoms with Gasteiger partial charge in [-0.1, -0.05) is 0 Å². The molecule has 0 aliphatic rings. The Labute approximate surface area is 58.6 Å². The molecule has 4 heteroatoms. The highest BCUT2D eigenvalue weighted by Gasteiger charge is 1.96. The molecule has 1 heterocycles. The van der Waals surface area contributed by atoms with Gasteiger partial charge in [0.1, 0.15) is 0 Å². The third-order valence-corrected chi connectivity index (χ3v) is 1.14. The zero-order valence-corrected chi connectivity index (χ0v) is 5.63. The normalized spacial score (nSPS) is 9.30. The molecule has 0 aromatic carbocycles. The summed E-state index contributed by atoms with van der Waals surface area (Å²) in [4.78, 5) is 3.82. The molecule has 3 N–H and O–H groups in total. The lowest BCUT2D eigenvalue weighted by Gasteiger charge is -1.96. The van der Waals surface area contributed by atoms with Crippen molar-refractivity contribution in [2.45, 2.75) is 6.92 Å². The standard InChI is InChI=1S/C6H8N4/c1-4-2-5(7)6(10-8)9-3-4/h2-3,8H,7H2,1H3. The summed E-state index contributed by atoms with van der Waals surface area (Å²) in [5, 5.41) is 3.13. The number of hydrogen-bond acceptors (Lipinski definition) is 4. The molecule has 0 bridgehead atoms. The minimum absolute atomic E-state index is 0.283. The number of nitrogen functional groups attached to an aromatic ring is 1. The minimum Gasteiger partial charge on any atom is -0.396 e. The molecule has 0 amide bonds. The summed E-state index contributed by atoms with van der Waals surface area (Å²) in [6.07, 6.45) is 1.63. The van der Waals surface area contributed by atoms with Crippen LogP contribution in [0.4, 0.5) is 11.5 Å². The van der Waals surface area contributed by atoms with Crippen molar-refractivity contribution >= 4 is 11.5 Å².